The lowest BCUT2D eigenvalue weighted by atomic mass is 10.0. The molecule has 1 atom stereocenters. The van der Waals surface area contributed by atoms with Crippen LogP contribution in [0.2, 0.25) is 0 Å². The molecule has 1 amide bonds. The van der Waals surface area contributed by atoms with Gasteiger partial charge in [0.05, 0.1) is 35.2 Å². The summed E-state index contributed by atoms with van der Waals surface area (Å²) in [6, 6.07) is 11.9. The minimum atomic E-state index is -3.93. The van der Waals surface area contributed by atoms with Crippen LogP contribution in [0.25, 0.3) is 22.0 Å². The summed E-state index contributed by atoms with van der Waals surface area (Å²) in [5.74, 6) is -0.486. The molecule has 0 unspecified atom stereocenters. The van der Waals surface area contributed by atoms with Crippen LogP contribution in [0.4, 0.5) is 5.69 Å². The SMILES string of the molecule is CNC(=O)[C@H](C)Cn1cnc2ccc(-c3cnc(OC)c(NS(=O)(=O)c4ccc(C)cc4C)c3)cc2c1=O. The van der Waals surface area contributed by atoms with E-state index in [1.807, 2.05) is 6.92 Å². The van der Waals surface area contributed by atoms with Crippen molar-refractivity contribution in [1.29, 1.82) is 0 Å². The number of aromatic nitrogens is 3. The summed E-state index contributed by atoms with van der Waals surface area (Å²) < 4.78 is 35.7. The first-order valence-electron chi connectivity index (χ1n) is 11.9. The van der Waals surface area contributed by atoms with Crippen LogP contribution in [0, 0.1) is 19.8 Å². The average Bonchev–Trinajstić information content (AvgIpc) is 2.89. The number of nitrogens with one attached hydrogen (secondary N) is 2. The molecule has 0 bridgehead atoms. The van der Waals surface area contributed by atoms with Crippen molar-refractivity contribution >= 4 is 32.5 Å². The van der Waals surface area contributed by atoms with Gasteiger partial charge in [0.15, 0.2) is 0 Å². The molecule has 0 radical (unpaired) electrons. The quantitative estimate of drug-likeness (QED) is 0.354. The van der Waals surface area contributed by atoms with Crippen molar-refractivity contribution in [1.82, 2.24) is 19.9 Å². The van der Waals surface area contributed by atoms with Gasteiger partial charge in [0.1, 0.15) is 5.69 Å². The highest BCUT2D eigenvalue weighted by atomic mass is 32.2. The molecule has 0 aliphatic carbocycles. The van der Waals surface area contributed by atoms with Crippen molar-refractivity contribution in [2.75, 3.05) is 18.9 Å². The van der Waals surface area contributed by atoms with Crippen LogP contribution < -0.4 is 20.3 Å². The highest BCUT2D eigenvalue weighted by Crippen LogP contribution is 2.31. The zero-order valence-corrected chi connectivity index (χ0v) is 22.6. The summed E-state index contributed by atoms with van der Waals surface area (Å²) in [6.07, 6.45) is 2.97. The number of ether oxygens (including phenoxy) is 1. The summed E-state index contributed by atoms with van der Waals surface area (Å²) in [5, 5.41) is 2.94. The van der Waals surface area contributed by atoms with Crippen molar-refractivity contribution in [2.24, 2.45) is 5.92 Å². The van der Waals surface area contributed by atoms with Crippen molar-refractivity contribution < 1.29 is 17.9 Å². The van der Waals surface area contributed by atoms with Crippen molar-refractivity contribution in [2.45, 2.75) is 32.2 Å². The Kier molecular flexibility index (Phi) is 7.49. The molecular formula is C27H29N5O5S. The molecule has 4 rings (SSSR count). The van der Waals surface area contributed by atoms with E-state index < -0.39 is 15.9 Å². The van der Waals surface area contributed by atoms with E-state index >= 15 is 0 Å². The van der Waals surface area contributed by atoms with Crippen LogP contribution >= 0.6 is 0 Å². The lowest BCUT2D eigenvalue weighted by Crippen LogP contribution is -2.32. The first kappa shape index (κ1) is 26.8. The number of carbonyl (C=O) groups is 1. The zero-order valence-electron chi connectivity index (χ0n) is 21.8. The lowest BCUT2D eigenvalue weighted by Gasteiger charge is -2.15. The molecule has 0 saturated heterocycles. The molecule has 2 N–H and O–H groups in total. The monoisotopic (exact) mass is 535 g/mol. The second-order valence-electron chi connectivity index (χ2n) is 9.10. The van der Waals surface area contributed by atoms with E-state index in [9.17, 15) is 18.0 Å². The number of pyridine rings is 1. The number of amides is 1. The Morgan fingerprint density at radius 1 is 1.08 bits per heavy atom. The summed E-state index contributed by atoms with van der Waals surface area (Å²) in [4.78, 5) is 33.9. The predicted octanol–water partition coefficient (Wildman–Crippen LogP) is 3.27. The van der Waals surface area contributed by atoms with Gasteiger partial charge < -0.3 is 10.1 Å². The summed E-state index contributed by atoms with van der Waals surface area (Å²) in [5.41, 5.74) is 3.15. The van der Waals surface area contributed by atoms with Gasteiger partial charge in [-0.2, -0.15) is 0 Å². The molecule has 0 saturated carbocycles. The minimum absolute atomic E-state index is 0.107. The molecule has 2 heterocycles. The van der Waals surface area contributed by atoms with Crippen LogP contribution in [-0.2, 0) is 21.4 Å². The number of sulfonamides is 1. The maximum atomic E-state index is 13.2. The largest absolute Gasteiger partial charge is 0.480 e. The fourth-order valence-electron chi connectivity index (χ4n) is 4.24. The Bertz CT molecular complexity index is 1700. The number of hydrogen-bond acceptors (Lipinski definition) is 7. The van der Waals surface area contributed by atoms with E-state index in [1.54, 1.807) is 63.4 Å². The summed E-state index contributed by atoms with van der Waals surface area (Å²) in [7, 11) is -0.975. The fourth-order valence-corrected chi connectivity index (χ4v) is 5.52. The number of carbonyl (C=O) groups excluding carboxylic acids is 1. The smallest absolute Gasteiger partial charge is 0.262 e. The maximum absolute atomic E-state index is 13.2. The highest BCUT2D eigenvalue weighted by molar-refractivity contribution is 7.92. The van der Waals surface area contributed by atoms with Gasteiger partial charge in [-0.3, -0.25) is 18.9 Å². The second-order valence-corrected chi connectivity index (χ2v) is 10.8. The van der Waals surface area contributed by atoms with E-state index in [2.05, 4.69) is 20.0 Å². The normalized spacial score (nSPS) is 12.2. The van der Waals surface area contributed by atoms with Gasteiger partial charge in [0.25, 0.3) is 15.6 Å². The molecule has 198 valence electrons. The first-order valence-corrected chi connectivity index (χ1v) is 13.4. The average molecular weight is 536 g/mol. The summed E-state index contributed by atoms with van der Waals surface area (Å²) in [6.45, 7) is 5.54. The van der Waals surface area contributed by atoms with Gasteiger partial charge in [-0.15, -0.1) is 0 Å². The van der Waals surface area contributed by atoms with Gasteiger partial charge in [0, 0.05) is 25.4 Å². The molecule has 0 fully saturated rings. The molecule has 0 aliphatic rings. The van der Waals surface area contributed by atoms with E-state index in [0.29, 0.717) is 27.6 Å². The van der Waals surface area contributed by atoms with Crippen LogP contribution in [0.1, 0.15) is 18.1 Å². The van der Waals surface area contributed by atoms with Gasteiger partial charge in [-0.25, -0.2) is 18.4 Å². The molecule has 2 aromatic heterocycles. The predicted molar refractivity (Wildman–Crippen MR) is 146 cm³/mol. The topological polar surface area (TPSA) is 132 Å². The number of fused-ring (bicyclic) bond motifs is 1. The van der Waals surface area contributed by atoms with Crippen molar-refractivity contribution in [3.63, 3.8) is 0 Å². The first-order chi connectivity index (χ1) is 18.0. The van der Waals surface area contributed by atoms with E-state index in [4.69, 9.17) is 4.74 Å². The van der Waals surface area contributed by atoms with Crippen LogP contribution in [-0.4, -0.2) is 43.0 Å². The Hall–Kier alpha value is -4.25. The Balaban J connectivity index is 1.73. The third-order valence-electron chi connectivity index (χ3n) is 6.23. The number of aryl methyl sites for hydroxylation is 2. The molecule has 0 aliphatic heterocycles. The molecule has 4 aromatic rings. The number of anilines is 1. The van der Waals surface area contributed by atoms with Gasteiger partial charge in [-0.05, 0) is 49.2 Å². The third kappa shape index (κ3) is 5.37. The lowest BCUT2D eigenvalue weighted by molar-refractivity contribution is -0.124. The Morgan fingerprint density at radius 2 is 1.84 bits per heavy atom. The standard InChI is InChI=1S/C27H29N5O5S/c1-16-6-9-24(17(2)10-16)38(35,36)31-23-12-20(13-29-26(23)37-5)19-7-8-22-21(11-19)27(34)32(15-30-22)14-18(3)25(33)28-4/h6-13,15,18,31H,14H2,1-5H3,(H,28,33)/t18-/m1/s1. The van der Waals surface area contributed by atoms with E-state index in [-0.39, 0.29) is 34.5 Å². The number of nitrogens with zero attached hydrogens (tertiary/aromatic N) is 3. The van der Waals surface area contributed by atoms with Crippen molar-refractivity contribution in [3.05, 3.63) is 76.5 Å². The number of rotatable bonds is 8. The van der Waals surface area contributed by atoms with Crippen LogP contribution in [0.15, 0.2) is 64.7 Å². The second kappa shape index (κ2) is 10.6. The van der Waals surface area contributed by atoms with Gasteiger partial charge >= 0.3 is 0 Å². The Labute approximate surface area is 220 Å². The fraction of sp³-hybridized carbons (Fsp3) is 0.259. The van der Waals surface area contributed by atoms with Crippen LogP contribution in [0.5, 0.6) is 5.88 Å². The minimum Gasteiger partial charge on any atom is -0.480 e. The molecular weight excluding hydrogens is 506 g/mol. The summed E-state index contributed by atoms with van der Waals surface area (Å²) >= 11 is 0. The highest BCUT2D eigenvalue weighted by Gasteiger charge is 2.20. The molecule has 0 spiro atoms. The van der Waals surface area contributed by atoms with Crippen molar-refractivity contribution in [3.8, 4) is 17.0 Å². The van der Waals surface area contributed by atoms with E-state index in [0.717, 1.165) is 5.56 Å². The number of methoxy groups -OCH3 is 1. The maximum Gasteiger partial charge on any atom is 0.262 e. The zero-order chi connectivity index (χ0) is 27.6. The molecule has 10 nitrogen and oxygen atoms in total. The molecule has 11 heteroatoms. The third-order valence-corrected chi connectivity index (χ3v) is 7.76. The number of benzene rings is 2. The van der Waals surface area contributed by atoms with E-state index in [1.165, 1.54) is 24.2 Å². The molecule has 2 aromatic carbocycles. The van der Waals surface area contributed by atoms with Gasteiger partial charge in [0.2, 0.25) is 11.8 Å². The molecule has 38 heavy (non-hydrogen) atoms. The van der Waals surface area contributed by atoms with Gasteiger partial charge in [-0.1, -0.05) is 30.7 Å². The Morgan fingerprint density at radius 3 is 2.53 bits per heavy atom. The van der Waals surface area contributed by atoms with Crippen LogP contribution in [0.3, 0.4) is 0 Å². The number of hydrogen-bond donors (Lipinski definition) is 2.